The number of allylic oxidation sites excluding steroid dienone is 2. The van der Waals surface area contributed by atoms with Crippen molar-refractivity contribution in [2.45, 2.75) is 45.4 Å². The number of ketones is 1. The van der Waals surface area contributed by atoms with E-state index in [4.69, 9.17) is 9.26 Å². The molecule has 1 aliphatic heterocycles. The largest absolute Gasteiger partial charge is 0.497 e. The molecule has 26 heavy (non-hydrogen) atoms. The fourth-order valence-corrected chi connectivity index (χ4v) is 4.30. The van der Waals surface area contributed by atoms with Gasteiger partial charge in [-0.25, -0.2) is 0 Å². The second-order valence-electron chi connectivity index (χ2n) is 7.55. The van der Waals surface area contributed by atoms with Crippen LogP contribution in [-0.2, 0) is 4.79 Å². The van der Waals surface area contributed by atoms with Gasteiger partial charge in [0.15, 0.2) is 5.78 Å². The van der Waals surface area contributed by atoms with Crippen molar-refractivity contribution in [1.29, 1.82) is 0 Å². The smallest absolute Gasteiger partial charge is 0.232 e. The summed E-state index contributed by atoms with van der Waals surface area (Å²) >= 11 is 0. The van der Waals surface area contributed by atoms with Crippen LogP contribution in [0.2, 0.25) is 0 Å². The molecule has 2 aromatic rings. The summed E-state index contributed by atoms with van der Waals surface area (Å²) < 4.78 is 10.7. The first-order valence-electron chi connectivity index (χ1n) is 9.13. The van der Waals surface area contributed by atoms with E-state index in [0.29, 0.717) is 18.2 Å². The van der Waals surface area contributed by atoms with Crippen molar-refractivity contribution in [3.8, 4) is 5.75 Å². The summed E-state index contributed by atoms with van der Waals surface area (Å²) in [5.74, 6) is 2.27. The van der Waals surface area contributed by atoms with Crippen molar-refractivity contribution >= 4 is 11.7 Å². The number of benzene rings is 1. The number of ether oxygens (including phenoxy) is 1. The maximum atomic E-state index is 13.1. The Kier molecular flexibility index (Phi) is 4.10. The van der Waals surface area contributed by atoms with Gasteiger partial charge in [0.2, 0.25) is 5.88 Å². The van der Waals surface area contributed by atoms with Gasteiger partial charge >= 0.3 is 0 Å². The van der Waals surface area contributed by atoms with Crippen LogP contribution in [0.15, 0.2) is 40.1 Å². The van der Waals surface area contributed by atoms with Crippen molar-refractivity contribution in [3.63, 3.8) is 0 Å². The van der Waals surface area contributed by atoms with Gasteiger partial charge in [-0.15, -0.1) is 0 Å². The molecule has 5 heteroatoms. The van der Waals surface area contributed by atoms with E-state index in [1.54, 1.807) is 7.11 Å². The number of methoxy groups -OCH3 is 1. The number of rotatable bonds is 3. The molecule has 0 saturated carbocycles. The molecule has 5 nitrogen and oxygen atoms in total. The van der Waals surface area contributed by atoms with Crippen LogP contribution in [0.4, 0.5) is 5.88 Å². The SMILES string of the molecule is COc1ccc([C@@H]2CC(=O)C3=C(C2)Nc2onc(C)c2[C@@H]3C(C)C)cc1. The molecule has 0 unspecified atom stereocenters. The molecule has 0 spiro atoms. The molecule has 0 fully saturated rings. The number of anilines is 1. The van der Waals surface area contributed by atoms with Crippen molar-refractivity contribution in [2.24, 2.45) is 5.92 Å². The van der Waals surface area contributed by atoms with E-state index in [9.17, 15) is 4.79 Å². The Morgan fingerprint density at radius 2 is 1.96 bits per heavy atom. The lowest BCUT2D eigenvalue weighted by Gasteiger charge is -2.35. The summed E-state index contributed by atoms with van der Waals surface area (Å²) in [4.78, 5) is 13.1. The number of carbonyl (C=O) groups excluding carboxylic acids is 1. The molecule has 1 aromatic carbocycles. The fraction of sp³-hybridized carbons (Fsp3) is 0.429. The molecule has 2 aliphatic rings. The third-order valence-electron chi connectivity index (χ3n) is 5.56. The third kappa shape index (κ3) is 2.62. The minimum atomic E-state index is 0.0526. The molecular weight excluding hydrogens is 328 g/mol. The number of aryl methyl sites for hydroxylation is 1. The van der Waals surface area contributed by atoms with Gasteiger partial charge in [0.1, 0.15) is 5.75 Å². The summed E-state index contributed by atoms with van der Waals surface area (Å²) in [5, 5.41) is 7.48. The zero-order valence-electron chi connectivity index (χ0n) is 15.6. The summed E-state index contributed by atoms with van der Waals surface area (Å²) in [6.07, 6.45) is 1.34. The van der Waals surface area contributed by atoms with Crippen LogP contribution in [0.3, 0.4) is 0 Å². The number of carbonyl (C=O) groups is 1. The summed E-state index contributed by atoms with van der Waals surface area (Å²) in [6, 6.07) is 8.00. The Morgan fingerprint density at radius 3 is 2.62 bits per heavy atom. The highest BCUT2D eigenvalue weighted by Crippen LogP contribution is 2.49. The first kappa shape index (κ1) is 16.9. The van der Waals surface area contributed by atoms with Crippen molar-refractivity contribution in [2.75, 3.05) is 12.4 Å². The number of nitrogens with one attached hydrogen (secondary N) is 1. The van der Waals surface area contributed by atoms with E-state index in [0.717, 1.165) is 40.3 Å². The fourth-order valence-electron chi connectivity index (χ4n) is 4.30. The van der Waals surface area contributed by atoms with Crippen LogP contribution in [0.5, 0.6) is 5.75 Å². The number of nitrogens with zero attached hydrogens (tertiary/aromatic N) is 1. The monoisotopic (exact) mass is 352 g/mol. The third-order valence-corrected chi connectivity index (χ3v) is 5.56. The number of aromatic nitrogens is 1. The molecule has 1 aliphatic carbocycles. The molecule has 0 saturated heterocycles. The van der Waals surface area contributed by atoms with Gasteiger partial charge in [-0.3, -0.25) is 4.79 Å². The van der Waals surface area contributed by atoms with Crippen LogP contribution in [0.1, 0.15) is 55.3 Å². The second kappa shape index (κ2) is 6.31. The normalized spacial score (nSPS) is 22.1. The van der Waals surface area contributed by atoms with E-state index in [2.05, 4.69) is 36.5 Å². The Balaban J connectivity index is 1.71. The zero-order valence-corrected chi connectivity index (χ0v) is 15.6. The second-order valence-corrected chi connectivity index (χ2v) is 7.55. The predicted molar refractivity (Wildman–Crippen MR) is 99.4 cm³/mol. The minimum Gasteiger partial charge on any atom is -0.497 e. The van der Waals surface area contributed by atoms with Crippen molar-refractivity contribution < 1.29 is 14.1 Å². The van der Waals surface area contributed by atoms with Gasteiger partial charge in [-0.05, 0) is 42.9 Å². The number of fused-ring (bicyclic) bond motifs is 1. The number of hydrogen-bond acceptors (Lipinski definition) is 5. The van der Waals surface area contributed by atoms with Crippen LogP contribution < -0.4 is 10.1 Å². The summed E-state index contributed by atoms with van der Waals surface area (Å²) in [6.45, 7) is 6.25. The highest BCUT2D eigenvalue weighted by molar-refractivity contribution is 6.00. The molecule has 2 atom stereocenters. The maximum absolute atomic E-state index is 13.1. The standard InChI is InChI=1S/C21H24N2O3/c1-11(2)18-19-12(3)23-26-21(19)22-16-9-14(10-17(24)20(16)18)13-5-7-15(25-4)8-6-13/h5-8,11,14,18,22H,9-10H2,1-4H3/t14-,18-/m0/s1. The molecule has 1 aromatic heterocycles. The molecule has 0 amide bonds. The Labute approximate surface area is 153 Å². The van der Waals surface area contributed by atoms with Crippen molar-refractivity contribution in [1.82, 2.24) is 5.16 Å². The van der Waals surface area contributed by atoms with Gasteiger partial charge in [-0.2, -0.15) is 0 Å². The van der Waals surface area contributed by atoms with Gasteiger partial charge in [-0.1, -0.05) is 31.1 Å². The first-order chi connectivity index (χ1) is 12.5. The molecule has 0 radical (unpaired) electrons. The predicted octanol–water partition coefficient (Wildman–Crippen LogP) is 4.56. The average Bonchev–Trinajstić information content (AvgIpc) is 3.00. The summed E-state index contributed by atoms with van der Waals surface area (Å²) in [5.41, 5.74) is 4.97. The van der Waals surface area contributed by atoms with Crippen LogP contribution in [-0.4, -0.2) is 18.0 Å². The van der Waals surface area contributed by atoms with E-state index in [1.165, 1.54) is 0 Å². The molecule has 2 heterocycles. The quantitative estimate of drug-likeness (QED) is 0.877. The average molecular weight is 352 g/mol. The van der Waals surface area contributed by atoms with E-state index in [-0.39, 0.29) is 17.6 Å². The summed E-state index contributed by atoms with van der Waals surface area (Å²) in [7, 11) is 1.66. The Hall–Kier alpha value is -2.56. The topological polar surface area (TPSA) is 64.4 Å². The molecular formula is C21H24N2O3. The van der Waals surface area contributed by atoms with Crippen LogP contribution >= 0.6 is 0 Å². The molecule has 1 N–H and O–H groups in total. The molecule has 0 bridgehead atoms. The number of Topliss-reactive ketones (excluding diaryl/α,β-unsaturated/α-hetero) is 1. The van der Waals surface area contributed by atoms with Crippen LogP contribution in [0, 0.1) is 12.8 Å². The van der Waals surface area contributed by atoms with Gasteiger partial charge in [0, 0.05) is 29.2 Å². The maximum Gasteiger partial charge on any atom is 0.232 e. The van der Waals surface area contributed by atoms with Gasteiger partial charge in [0.25, 0.3) is 0 Å². The Bertz CT molecular complexity index is 877. The van der Waals surface area contributed by atoms with Crippen LogP contribution in [0.25, 0.3) is 0 Å². The Morgan fingerprint density at radius 1 is 1.23 bits per heavy atom. The highest BCUT2D eigenvalue weighted by Gasteiger charge is 2.41. The lowest BCUT2D eigenvalue weighted by molar-refractivity contribution is -0.116. The minimum absolute atomic E-state index is 0.0526. The zero-order chi connectivity index (χ0) is 18.4. The van der Waals surface area contributed by atoms with E-state index >= 15 is 0 Å². The lowest BCUT2D eigenvalue weighted by Crippen LogP contribution is -2.31. The van der Waals surface area contributed by atoms with Gasteiger partial charge in [0.05, 0.1) is 12.8 Å². The van der Waals surface area contributed by atoms with Gasteiger partial charge < -0.3 is 14.6 Å². The first-order valence-corrected chi connectivity index (χ1v) is 9.13. The van der Waals surface area contributed by atoms with Crippen molar-refractivity contribution in [3.05, 3.63) is 52.4 Å². The van der Waals surface area contributed by atoms with E-state index in [1.807, 2.05) is 19.1 Å². The lowest BCUT2D eigenvalue weighted by atomic mass is 9.71. The molecule has 136 valence electrons. The highest BCUT2D eigenvalue weighted by atomic mass is 16.5. The molecule has 4 rings (SSSR count). The van der Waals surface area contributed by atoms with E-state index < -0.39 is 0 Å². The number of hydrogen-bond donors (Lipinski definition) is 1.